The van der Waals surface area contributed by atoms with E-state index in [0.29, 0.717) is 12.2 Å². The molecule has 0 aliphatic carbocycles. The van der Waals surface area contributed by atoms with E-state index in [9.17, 15) is 4.79 Å². The highest BCUT2D eigenvalue weighted by Crippen LogP contribution is 2.13. The molecule has 0 saturated carbocycles. The summed E-state index contributed by atoms with van der Waals surface area (Å²) >= 11 is 6.84. The van der Waals surface area contributed by atoms with Gasteiger partial charge in [-0.05, 0) is 48.4 Å². The standard InChI is InChI=1S/C19H16Br2N4O/c1-13(15-5-7-16(20)8-6-15)22-23-19(26)18-9-10-25(24-18)12-14-3-2-4-17(21)11-14/h2-11H,12H2,1H3,(H,23,26)/b22-13+. The molecule has 7 heteroatoms. The maximum absolute atomic E-state index is 12.2. The molecule has 132 valence electrons. The Morgan fingerprint density at radius 3 is 2.62 bits per heavy atom. The predicted molar refractivity (Wildman–Crippen MR) is 109 cm³/mol. The summed E-state index contributed by atoms with van der Waals surface area (Å²) < 4.78 is 3.73. The minimum atomic E-state index is -0.338. The number of amides is 1. The van der Waals surface area contributed by atoms with Gasteiger partial charge in [-0.25, -0.2) is 5.43 Å². The molecule has 0 atom stereocenters. The van der Waals surface area contributed by atoms with Gasteiger partial charge in [0, 0.05) is 15.1 Å². The number of nitrogens with one attached hydrogen (secondary N) is 1. The molecule has 5 nitrogen and oxygen atoms in total. The van der Waals surface area contributed by atoms with Crippen molar-refractivity contribution in [1.29, 1.82) is 0 Å². The number of halogens is 2. The Balaban J connectivity index is 1.64. The fourth-order valence-corrected chi connectivity index (χ4v) is 3.05. The second-order valence-corrected chi connectivity index (χ2v) is 7.50. The van der Waals surface area contributed by atoms with Crippen LogP contribution < -0.4 is 5.43 Å². The molecule has 2 aromatic carbocycles. The van der Waals surface area contributed by atoms with Crippen LogP contribution in [0.1, 0.15) is 28.5 Å². The Kier molecular flexibility index (Phi) is 6.00. The van der Waals surface area contributed by atoms with Crippen molar-refractivity contribution in [3.63, 3.8) is 0 Å². The van der Waals surface area contributed by atoms with Gasteiger partial charge in [0.25, 0.3) is 5.91 Å². The molecule has 0 spiro atoms. The Labute approximate surface area is 168 Å². The number of nitrogens with zero attached hydrogens (tertiary/aromatic N) is 3. The molecular weight excluding hydrogens is 460 g/mol. The monoisotopic (exact) mass is 474 g/mol. The van der Waals surface area contributed by atoms with Gasteiger partial charge in [-0.15, -0.1) is 0 Å². The molecule has 3 aromatic rings. The topological polar surface area (TPSA) is 59.3 Å². The van der Waals surface area contributed by atoms with Crippen LogP contribution in [0.15, 0.2) is 74.8 Å². The van der Waals surface area contributed by atoms with E-state index < -0.39 is 0 Å². The van der Waals surface area contributed by atoms with E-state index in [-0.39, 0.29) is 5.91 Å². The molecule has 3 rings (SSSR count). The Morgan fingerprint density at radius 2 is 1.88 bits per heavy atom. The van der Waals surface area contributed by atoms with Crippen LogP contribution in [-0.2, 0) is 6.54 Å². The average Bonchev–Trinajstić information content (AvgIpc) is 3.08. The van der Waals surface area contributed by atoms with Crippen LogP contribution in [0.5, 0.6) is 0 Å². The van der Waals surface area contributed by atoms with Crippen molar-refractivity contribution in [3.05, 3.63) is 86.6 Å². The first-order valence-corrected chi connectivity index (χ1v) is 9.48. The minimum absolute atomic E-state index is 0.326. The van der Waals surface area contributed by atoms with E-state index in [1.54, 1.807) is 16.9 Å². The van der Waals surface area contributed by atoms with Crippen LogP contribution in [-0.4, -0.2) is 21.4 Å². The quantitative estimate of drug-likeness (QED) is 0.432. The van der Waals surface area contributed by atoms with Crippen molar-refractivity contribution in [2.45, 2.75) is 13.5 Å². The molecule has 26 heavy (non-hydrogen) atoms. The van der Waals surface area contributed by atoms with E-state index in [1.807, 2.05) is 55.5 Å². The van der Waals surface area contributed by atoms with Crippen LogP contribution in [0.25, 0.3) is 0 Å². The lowest BCUT2D eigenvalue weighted by Gasteiger charge is -2.03. The van der Waals surface area contributed by atoms with Gasteiger partial charge < -0.3 is 0 Å². The van der Waals surface area contributed by atoms with Crippen molar-refractivity contribution in [1.82, 2.24) is 15.2 Å². The zero-order valence-electron chi connectivity index (χ0n) is 14.0. The first-order chi connectivity index (χ1) is 12.5. The third-order valence-electron chi connectivity index (χ3n) is 3.69. The van der Waals surface area contributed by atoms with Gasteiger partial charge in [0.2, 0.25) is 0 Å². The molecule has 0 bridgehead atoms. The van der Waals surface area contributed by atoms with Crippen LogP contribution >= 0.6 is 31.9 Å². The van der Waals surface area contributed by atoms with Crippen molar-refractivity contribution >= 4 is 43.5 Å². The molecule has 0 aliphatic rings. The third-order valence-corrected chi connectivity index (χ3v) is 4.72. The summed E-state index contributed by atoms with van der Waals surface area (Å²) in [5.74, 6) is -0.338. The van der Waals surface area contributed by atoms with Crippen molar-refractivity contribution in [2.24, 2.45) is 5.10 Å². The summed E-state index contributed by atoms with van der Waals surface area (Å²) in [4.78, 5) is 12.2. The van der Waals surface area contributed by atoms with Crippen LogP contribution in [0.3, 0.4) is 0 Å². The third kappa shape index (κ3) is 4.89. The summed E-state index contributed by atoms with van der Waals surface area (Å²) in [6.07, 6.45) is 1.78. The smallest absolute Gasteiger partial charge is 0.268 e. The van der Waals surface area contributed by atoms with E-state index in [0.717, 1.165) is 25.8 Å². The highest BCUT2D eigenvalue weighted by atomic mass is 79.9. The molecule has 1 amide bonds. The molecular formula is C19H16Br2N4O. The molecule has 1 N–H and O–H groups in total. The predicted octanol–water partition coefficient (Wildman–Crippen LogP) is 4.61. The highest BCUT2D eigenvalue weighted by molar-refractivity contribution is 9.10. The molecule has 0 unspecified atom stereocenters. The normalized spacial score (nSPS) is 11.4. The van der Waals surface area contributed by atoms with Gasteiger partial charge >= 0.3 is 0 Å². The number of hydrazone groups is 1. The number of carbonyl (C=O) groups is 1. The van der Waals surface area contributed by atoms with E-state index in [1.165, 1.54) is 0 Å². The maximum Gasteiger partial charge on any atom is 0.291 e. The van der Waals surface area contributed by atoms with Crippen LogP contribution in [0.2, 0.25) is 0 Å². The van der Waals surface area contributed by atoms with Crippen LogP contribution in [0, 0.1) is 0 Å². The maximum atomic E-state index is 12.2. The van der Waals surface area contributed by atoms with Crippen LogP contribution in [0.4, 0.5) is 0 Å². The SMILES string of the molecule is C/C(=N\NC(=O)c1ccn(Cc2cccc(Br)c2)n1)c1ccc(Br)cc1. The Bertz CT molecular complexity index is 948. The molecule has 0 aliphatic heterocycles. The summed E-state index contributed by atoms with van der Waals surface area (Å²) in [7, 11) is 0. The number of hydrogen-bond acceptors (Lipinski definition) is 3. The summed E-state index contributed by atoms with van der Waals surface area (Å²) in [6, 6.07) is 17.4. The molecule has 0 radical (unpaired) electrons. The van der Waals surface area contributed by atoms with Crippen molar-refractivity contribution in [2.75, 3.05) is 0 Å². The zero-order chi connectivity index (χ0) is 18.5. The Morgan fingerprint density at radius 1 is 1.12 bits per heavy atom. The molecule has 1 aromatic heterocycles. The van der Waals surface area contributed by atoms with Crippen molar-refractivity contribution in [3.8, 4) is 0 Å². The summed E-state index contributed by atoms with van der Waals surface area (Å²) in [6.45, 7) is 2.43. The number of carbonyl (C=O) groups excluding carboxylic acids is 1. The largest absolute Gasteiger partial charge is 0.291 e. The van der Waals surface area contributed by atoms with Crippen molar-refractivity contribution < 1.29 is 4.79 Å². The lowest BCUT2D eigenvalue weighted by atomic mass is 10.1. The van der Waals surface area contributed by atoms with Gasteiger partial charge in [-0.2, -0.15) is 10.2 Å². The van der Waals surface area contributed by atoms with Gasteiger partial charge in [0.15, 0.2) is 5.69 Å². The lowest BCUT2D eigenvalue weighted by Crippen LogP contribution is -2.20. The number of hydrogen-bond donors (Lipinski definition) is 1. The average molecular weight is 476 g/mol. The van der Waals surface area contributed by atoms with E-state index in [2.05, 4.69) is 47.5 Å². The van der Waals surface area contributed by atoms with E-state index >= 15 is 0 Å². The number of benzene rings is 2. The molecule has 1 heterocycles. The summed E-state index contributed by atoms with van der Waals surface area (Å²) in [5.41, 5.74) is 5.63. The fourth-order valence-electron chi connectivity index (χ4n) is 2.34. The van der Waals surface area contributed by atoms with Gasteiger partial charge in [-0.1, -0.05) is 56.1 Å². The molecule has 0 saturated heterocycles. The van der Waals surface area contributed by atoms with Gasteiger partial charge in [-0.3, -0.25) is 9.48 Å². The summed E-state index contributed by atoms with van der Waals surface area (Å²) in [5, 5.41) is 8.46. The fraction of sp³-hybridized carbons (Fsp3) is 0.105. The van der Waals surface area contributed by atoms with Gasteiger partial charge in [0.1, 0.15) is 0 Å². The lowest BCUT2D eigenvalue weighted by molar-refractivity contribution is 0.0949. The second kappa shape index (κ2) is 8.42. The number of rotatable bonds is 5. The Hall–Kier alpha value is -2.25. The van der Waals surface area contributed by atoms with E-state index in [4.69, 9.17) is 0 Å². The number of aromatic nitrogens is 2. The zero-order valence-corrected chi connectivity index (χ0v) is 17.2. The molecule has 0 fully saturated rings. The second-order valence-electron chi connectivity index (χ2n) is 5.67. The first kappa shape index (κ1) is 18.5. The highest BCUT2D eigenvalue weighted by Gasteiger charge is 2.09. The van der Waals surface area contributed by atoms with Gasteiger partial charge in [0.05, 0.1) is 12.3 Å². The minimum Gasteiger partial charge on any atom is -0.268 e. The first-order valence-electron chi connectivity index (χ1n) is 7.90.